The van der Waals surface area contributed by atoms with Crippen molar-refractivity contribution in [2.24, 2.45) is 0 Å². The van der Waals surface area contributed by atoms with Crippen LogP contribution in [0.3, 0.4) is 0 Å². The summed E-state index contributed by atoms with van der Waals surface area (Å²) in [4.78, 5) is 16.5. The van der Waals surface area contributed by atoms with E-state index in [1.54, 1.807) is 29.1 Å². The van der Waals surface area contributed by atoms with E-state index in [4.69, 9.17) is 4.74 Å². The van der Waals surface area contributed by atoms with Crippen LogP contribution in [0, 0.1) is 0 Å². The highest BCUT2D eigenvalue weighted by atomic mass is 19.4. The summed E-state index contributed by atoms with van der Waals surface area (Å²) < 4.78 is 44.8. The van der Waals surface area contributed by atoms with Crippen LogP contribution in [0.2, 0.25) is 0 Å². The molecule has 11 heteroatoms. The zero-order valence-corrected chi connectivity index (χ0v) is 20.0. The van der Waals surface area contributed by atoms with E-state index in [-0.39, 0.29) is 12.0 Å². The number of nitrogens with zero attached hydrogens (tertiary/aromatic N) is 3. The van der Waals surface area contributed by atoms with Gasteiger partial charge >= 0.3 is 12.2 Å². The van der Waals surface area contributed by atoms with Gasteiger partial charge in [0.1, 0.15) is 18.4 Å². The molecule has 0 radical (unpaired) electrons. The summed E-state index contributed by atoms with van der Waals surface area (Å²) in [5, 5.41) is 12.1. The number of allylic oxidation sites excluding steroid dienone is 4. The number of halogens is 3. The summed E-state index contributed by atoms with van der Waals surface area (Å²) >= 11 is 0. The van der Waals surface area contributed by atoms with E-state index in [1.165, 1.54) is 0 Å². The standard InChI is InChI=1S/C26H27F3N6O2/c27-26(28,29)16-32-25(36)34-20-3-1-2-18(12-20)23-14-33-35-15-19(13-31-24(23)35)17-4-6-21(7-5-17)37-22-8-10-30-11-9-22/h1-7,13-15,18,22,30H,8-12,16H2,(H2,32,34,36). The first-order valence-electron chi connectivity index (χ1n) is 12.1. The lowest BCUT2D eigenvalue weighted by Gasteiger charge is -2.23. The Morgan fingerprint density at radius 3 is 2.68 bits per heavy atom. The molecule has 3 N–H and O–H groups in total. The third kappa shape index (κ3) is 6.29. The highest BCUT2D eigenvalue weighted by Gasteiger charge is 2.28. The largest absolute Gasteiger partial charge is 0.490 e. The Labute approximate surface area is 211 Å². The van der Waals surface area contributed by atoms with Crippen LogP contribution in [0.25, 0.3) is 16.8 Å². The first-order chi connectivity index (χ1) is 17.8. The number of carbonyl (C=O) groups excluding carboxylic acids is 1. The van der Waals surface area contributed by atoms with Gasteiger partial charge in [-0.1, -0.05) is 24.3 Å². The lowest BCUT2D eigenvalue weighted by Crippen LogP contribution is -2.40. The lowest BCUT2D eigenvalue weighted by molar-refractivity contribution is -0.122. The predicted octanol–water partition coefficient (Wildman–Crippen LogP) is 4.32. The summed E-state index contributed by atoms with van der Waals surface area (Å²) in [6.07, 6.45) is 8.97. The molecule has 2 aliphatic rings. The topological polar surface area (TPSA) is 92.6 Å². The fraction of sp³-hybridized carbons (Fsp3) is 0.346. The second kappa shape index (κ2) is 10.6. The minimum absolute atomic E-state index is 0.134. The Morgan fingerprint density at radius 1 is 1.14 bits per heavy atom. The zero-order chi connectivity index (χ0) is 25.8. The Kier molecular flexibility index (Phi) is 7.13. The van der Waals surface area contributed by atoms with Crippen molar-refractivity contribution in [2.75, 3.05) is 19.6 Å². The van der Waals surface area contributed by atoms with Gasteiger partial charge in [-0.15, -0.1) is 0 Å². The molecular formula is C26H27F3N6O2. The van der Waals surface area contributed by atoms with Gasteiger partial charge in [0.15, 0.2) is 5.65 Å². The molecule has 3 heterocycles. The van der Waals surface area contributed by atoms with Crippen LogP contribution in [0.15, 0.2) is 66.8 Å². The van der Waals surface area contributed by atoms with Gasteiger partial charge in [0.05, 0.1) is 6.20 Å². The Hall–Kier alpha value is -3.86. The van der Waals surface area contributed by atoms with Gasteiger partial charge < -0.3 is 20.7 Å². The number of nitrogens with one attached hydrogen (secondary N) is 3. The number of urea groups is 1. The maximum Gasteiger partial charge on any atom is 0.405 e. The van der Waals surface area contributed by atoms with Crippen molar-refractivity contribution in [2.45, 2.75) is 37.5 Å². The molecule has 8 nitrogen and oxygen atoms in total. The number of benzene rings is 1. The molecule has 0 bridgehead atoms. The summed E-state index contributed by atoms with van der Waals surface area (Å²) in [7, 11) is 0. The number of piperidine rings is 1. The summed E-state index contributed by atoms with van der Waals surface area (Å²) in [5.41, 5.74) is 3.93. The quantitative estimate of drug-likeness (QED) is 0.458. The number of amides is 2. The van der Waals surface area contributed by atoms with Crippen LogP contribution in [-0.4, -0.2) is 52.5 Å². The van der Waals surface area contributed by atoms with E-state index in [0.29, 0.717) is 17.8 Å². The SMILES string of the molecule is O=C(NCC(F)(F)F)NC1=CC=CC(c2cnn3cc(-c4ccc(OC5CCNCC5)cc4)cnc23)C1. The third-order valence-electron chi connectivity index (χ3n) is 6.36. The maximum atomic E-state index is 12.3. The fourth-order valence-corrected chi connectivity index (χ4v) is 4.49. The number of aromatic nitrogens is 3. The molecule has 1 unspecified atom stereocenters. The minimum Gasteiger partial charge on any atom is -0.490 e. The zero-order valence-electron chi connectivity index (χ0n) is 20.0. The number of ether oxygens (including phenoxy) is 1. The van der Waals surface area contributed by atoms with Crippen LogP contribution in [0.1, 0.15) is 30.7 Å². The second-order valence-electron chi connectivity index (χ2n) is 9.11. The van der Waals surface area contributed by atoms with E-state index in [2.05, 4.69) is 20.7 Å². The van der Waals surface area contributed by atoms with Crippen molar-refractivity contribution in [3.05, 3.63) is 72.3 Å². The van der Waals surface area contributed by atoms with E-state index < -0.39 is 18.8 Å². The average Bonchev–Trinajstić information content (AvgIpc) is 3.32. The number of fused-ring (bicyclic) bond motifs is 1. The highest BCUT2D eigenvalue weighted by Crippen LogP contribution is 2.31. The number of rotatable bonds is 6. The molecule has 194 valence electrons. The molecule has 1 fully saturated rings. The first-order valence-corrected chi connectivity index (χ1v) is 12.1. The molecule has 1 saturated heterocycles. The van der Waals surface area contributed by atoms with Crippen LogP contribution in [0.5, 0.6) is 5.75 Å². The van der Waals surface area contributed by atoms with Crippen LogP contribution < -0.4 is 20.7 Å². The van der Waals surface area contributed by atoms with E-state index in [1.807, 2.05) is 41.9 Å². The summed E-state index contributed by atoms with van der Waals surface area (Å²) in [6.45, 7) is 0.560. The van der Waals surface area contributed by atoms with E-state index in [0.717, 1.165) is 48.4 Å². The van der Waals surface area contributed by atoms with Gasteiger partial charge in [0.25, 0.3) is 0 Å². The van der Waals surface area contributed by atoms with Gasteiger partial charge in [0.2, 0.25) is 0 Å². The Balaban J connectivity index is 1.24. The van der Waals surface area contributed by atoms with Gasteiger partial charge in [-0.3, -0.25) is 0 Å². The van der Waals surface area contributed by atoms with Crippen molar-refractivity contribution >= 4 is 11.7 Å². The van der Waals surface area contributed by atoms with Crippen molar-refractivity contribution in [3.8, 4) is 16.9 Å². The van der Waals surface area contributed by atoms with Crippen LogP contribution in [0.4, 0.5) is 18.0 Å². The summed E-state index contributed by atoms with van der Waals surface area (Å²) in [5.74, 6) is 0.713. The number of carbonyl (C=O) groups is 1. The van der Waals surface area contributed by atoms with E-state index >= 15 is 0 Å². The maximum absolute atomic E-state index is 12.3. The van der Waals surface area contributed by atoms with Gasteiger partial charge in [-0.25, -0.2) is 14.3 Å². The number of hydrogen-bond donors (Lipinski definition) is 3. The van der Waals surface area contributed by atoms with Crippen molar-refractivity contribution in [3.63, 3.8) is 0 Å². The van der Waals surface area contributed by atoms with E-state index in [9.17, 15) is 18.0 Å². The molecule has 1 aliphatic heterocycles. The number of hydrogen-bond acceptors (Lipinski definition) is 5. The molecule has 37 heavy (non-hydrogen) atoms. The molecule has 5 rings (SSSR count). The summed E-state index contributed by atoms with van der Waals surface area (Å²) in [6, 6.07) is 7.04. The van der Waals surface area contributed by atoms with Crippen molar-refractivity contribution in [1.29, 1.82) is 0 Å². The number of alkyl halides is 3. The molecule has 1 aromatic carbocycles. The fourth-order valence-electron chi connectivity index (χ4n) is 4.49. The molecule has 3 aromatic rings. The normalized spacial score (nSPS) is 18.5. The van der Waals surface area contributed by atoms with Crippen molar-refractivity contribution in [1.82, 2.24) is 30.5 Å². The van der Waals surface area contributed by atoms with Crippen LogP contribution >= 0.6 is 0 Å². The third-order valence-corrected chi connectivity index (χ3v) is 6.36. The minimum atomic E-state index is -4.47. The monoisotopic (exact) mass is 512 g/mol. The Morgan fingerprint density at radius 2 is 1.92 bits per heavy atom. The van der Waals surface area contributed by atoms with Gasteiger partial charge in [-0.05, 0) is 56.1 Å². The predicted molar refractivity (Wildman–Crippen MR) is 132 cm³/mol. The Bertz CT molecular complexity index is 1310. The molecule has 0 spiro atoms. The first kappa shape index (κ1) is 24.8. The van der Waals surface area contributed by atoms with Crippen molar-refractivity contribution < 1.29 is 22.7 Å². The lowest BCUT2D eigenvalue weighted by atomic mass is 9.92. The molecule has 1 atom stereocenters. The highest BCUT2D eigenvalue weighted by molar-refractivity contribution is 5.76. The van der Waals surface area contributed by atoms with Gasteiger partial charge in [-0.2, -0.15) is 18.3 Å². The van der Waals surface area contributed by atoms with Crippen LogP contribution in [-0.2, 0) is 0 Å². The smallest absolute Gasteiger partial charge is 0.405 e. The second-order valence-corrected chi connectivity index (χ2v) is 9.11. The molecule has 2 aromatic heterocycles. The molecule has 0 saturated carbocycles. The molecular weight excluding hydrogens is 485 g/mol. The van der Waals surface area contributed by atoms with Gasteiger partial charge in [0, 0.05) is 35.1 Å². The average molecular weight is 513 g/mol. The molecule has 1 aliphatic carbocycles. The molecule has 2 amide bonds.